The number of rotatable bonds is 7. The van der Waals surface area contributed by atoms with Gasteiger partial charge in [0.05, 0.1) is 0 Å². The smallest absolute Gasteiger partial charge is 0.0701 e. The van der Waals surface area contributed by atoms with Crippen molar-refractivity contribution in [2.75, 3.05) is 0 Å². The predicted octanol–water partition coefficient (Wildman–Crippen LogP) is 9.25. The third kappa shape index (κ3) is 6.28. The van der Waals surface area contributed by atoms with Crippen molar-refractivity contribution in [3.8, 4) is 0 Å². The van der Waals surface area contributed by atoms with Crippen LogP contribution in [0, 0.1) is 0 Å². The molecular formula is C10H13Br9. The van der Waals surface area contributed by atoms with Crippen LogP contribution < -0.4 is 0 Å². The first-order valence-corrected chi connectivity index (χ1v) is 12.6. The highest BCUT2D eigenvalue weighted by atomic mass is 80.0. The van der Waals surface area contributed by atoms with E-state index in [0.29, 0.717) is 0 Å². The van der Waals surface area contributed by atoms with E-state index in [4.69, 9.17) is 0 Å². The zero-order valence-corrected chi connectivity index (χ0v) is 24.2. The molecule has 0 unspecified atom stereocenters. The molecule has 0 aliphatic heterocycles. The number of alkyl halides is 9. The van der Waals surface area contributed by atoms with Gasteiger partial charge in [-0.1, -0.05) is 176 Å². The molecule has 0 N–H and O–H groups in total. The monoisotopic (exact) mass is 843 g/mol. The summed E-state index contributed by atoms with van der Waals surface area (Å²) in [6.07, 6.45) is 5.83. The Bertz CT molecular complexity index is 279. The van der Waals surface area contributed by atoms with Crippen molar-refractivity contribution >= 4 is 143 Å². The van der Waals surface area contributed by atoms with Crippen molar-refractivity contribution in [3.05, 3.63) is 0 Å². The summed E-state index contributed by atoms with van der Waals surface area (Å²) in [5, 5.41) is 0. The normalized spacial score (nSPS) is 14.8. The Labute approximate surface area is 191 Å². The number of unbranched alkanes of at least 4 members (excludes halogenated alkanes) is 3. The quantitative estimate of drug-likeness (QED) is 0.177. The summed E-state index contributed by atoms with van der Waals surface area (Å²) in [6, 6.07) is 0. The molecule has 9 heteroatoms. The highest BCUT2D eigenvalue weighted by molar-refractivity contribution is 9.42. The van der Waals surface area contributed by atoms with Gasteiger partial charge in [0.2, 0.25) is 0 Å². The van der Waals surface area contributed by atoms with E-state index >= 15 is 0 Å². The fourth-order valence-corrected chi connectivity index (χ4v) is 7.71. The van der Waals surface area contributed by atoms with Crippen LogP contribution in [0.5, 0.6) is 0 Å². The molecule has 0 aromatic heterocycles. The van der Waals surface area contributed by atoms with E-state index in [2.05, 4.69) is 150 Å². The van der Waals surface area contributed by atoms with Gasteiger partial charge < -0.3 is 0 Å². The molecule has 0 heterocycles. The van der Waals surface area contributed by atoms with E-state index in [1.54, 1.807) is 0 Å². The van der Waals surface area contributed by atoms with Gasteiger partial charge in [0.1, 0.15) is 9.70 Å². The fourth-order valence-electron chi connectivity index (χ4n) is 1.34. The molecule has 0 fully saturated rings. The Morgan fingerprint density at radius 2 is 1.11 bits per heavy atom. The summed E-state index contributed by atoms with van der Waals surface area (Å²) in [6.45, 7) is 2.21. The number of hydrogen-bond acceptors (Lipinski definition) is 0. The van der Waals surface area contributed by atoms with Crippen LogP contribution in [-0.4, -0.2) is 11.8 Å². The maximum Gasteiger partial charge on any atom is 0.162 e. The van der Waals surface area contributed by atoms with Crippen LogP contribution in [0.2, 0.25) is 0 Å². The second-order valence-corrected chi connectivity index (χ2v) is 21.6. The Balaban J connectivity index is 4.96. The van der Waals surface area contributed by atoms with Crippen LogP contribution in [0.1, 0.15) is 39.0 Å². The highest BCUT2D eigenvalue weighted by Crippen LogP contribution is 2.69. The molecule has 0 rings (SSSR count). The summed E-state index contributed by atoms with van der Waals surface area (Å²) in [4.78, 5) is 0. The van der Waals surface area contributed by atoms with Gasteiger partial charge in [-0.3, -0.25) is 0 Å². The minimum Gasteiger partial charge on any atom is -0.0701 e. The third-order valence-corrected chi connectivity index (χ3v) is 18.7. The molecule has 0 aromatic rings. The lowest BCUT2D eigenvalue weighted by molar-refractivity contribution is 0.579. The summed E-state index contributed by atoms with van der Waals surface area (Å²) in [5.74, 6) is 0. The maximum atomic E-state index is 3.78. The first kappa shape index (κ1) is 23.3. The van der Waals surface area contributed by atoms with Crippen LogP contribution in [0.3, 0.4) is 0 Å². The van der Waals surface area contributed by atoms with Crippen LogP contribution >= 0.6 is 143 Å². The Hall–Kier alpha value is 4.32. The Morgan fingerprint density at radius 3 is 1.47 bits per heavy atom. The standard InChI is InChI=1S/C10H13Br9/c1-2-3-4-5-6-7(11,12)8(13,14)9(15,16)10(17,18)19/h2-6H2,1H3. The van der Waals surface area contributed by atoms with Crippen molar-refractivity contribution in [2.45, 2.75) is 50.9 Å². The molecule has 0 amide bonds. The van der Waals surface area contributed by atoms with Crippen molar-refractivity contribution in [2.24, 2.45) is 0 Å². The van der Waals surface area contributed by atoms with Crippen LogP contribution in [-0.2, 0) is 0 Å². The lowest BCUT2D eigenvalue weighted by atomic mass is 10.1. The van der Waals surface area contributed by atoms with Gasteiger partial charge in [0.15, 0.2) is 2.14 Å². The molecule has 0 spiro atoms. The molecular weight excluding hydrogens is 839 g/mol. The summed E-state index contributed by atoms with van der Waals surface area (Å²) < 4.78 is -1.99. The molecule has 19 heavy (non-hydrogen) atoms. The van der Waals surface area contributed by atoms with Crippen LogP contribution in [0.15, 0.2) is 0 Å². The minimum atomic E-state index is -0.572. The van der Waals surface area contributed by atoms with Gasteiger partial charge in [-0.2, -0.15) is 0 Å². The van der Waals surface area contributed by atoms with Gasteiger partial charge in [-0.05, 0) is 6.42 Å². The van der Waals surface area contributed by atoms with Crippen molar-refractivity contribution in [1.29, 1.82) is 0 Å². The molecule has 0 aliphatic carbocycles. The zero-order valence-electron chi connectivity index (χ0n) is 9.94. The number of halogens is 9. The summed E-state index contributed by atoms with van der Waals surface area (Å²) >= 11 is 33.2. The highest BCUT2D eigenvalue weighted by Gasteiger charge is 2.64. The second kappa shape index (κ2) is 9.14. The molecule has 0 radical (unpaired) electrons. The largest absolute Gasteiger partial charge is 0.162 e. The van der Waals surface area contributed by atoms with Crippen molar-refractivity contribution in [3.63, 3.8) is 0 Å². The molecule has 0 bridgehead atoms. The van der Waals surface area contributed by atoms with E-state index < -0.39 is 8.61 Å². The van der Waals surface area contributed by atoms with Crippen molar-refractivity contribution < 1.29 is 0 Å². The molecule has 0 nitrogen and oxygen atoms in total. The average molecular weight is 852 g/mol. The molecule has 0 atom stereocenters. The average Bonchev–Trinajstić information content (AvgIpc) is 2.22. The van der Waals surface area contributed by atoms with Gasteiger partial charge >= 0.3 is 0 Å². The minimum absolute atomic E-state index is 0.339. The van der Waals surface area contributed by atoms with Gasteiger partial charge in [0, 0.05) is 0 Å². The molecule has 0 aromatic carbocycles. The van der Waals surface area contributed by atoms with E-state index in [1.807, 2.05) is 0 Å². The van der Waals surface area contributed by atoms with Gasteiger partial charge in [0.25, 0.3) is 0 Å². The second-order valence-electron chi connectivity index (χ2n) is 4.16. The molecule has 0 saturated heterocycles. The number of hydrogen-bond donors (Lipinski definition) is 0. The van der Waals surface area contributed by atoms with Crippen molar-refractivity contribution in [1.82, 2.24) is 0 Å². The molecule has 0 aliphatic rings. The topological polar surface area (TPSA) is 0 Å². The molecule has 0 saturated carbocycles. The lowest BCUT2D eigenvalue weighted by Gasteiger charge is -2.47. The first-order chi connectivity index (χ1) is 8.31. The Kier molecular flexibility index (Phi) is 11.2. The Morgan fingerprint density at radius 1 is 0.632 bits per heavy atom. The zero-order chi connectivity index (χ0) is 15.5. The van der Waals surface area contributed by atoms with Gasteiger partial charge in [-0.25, -0.2) is 0 Å². The predicted molar refractivity (Wildman–Crippen MR) is 120 cm³/mol. The first-order valence-electron chi connectivity index (χ1n) is 5.51. The summed E-state index contributed by atoms with van der Waals surface area (Å²) in [7, 11) is 0. The maximum absolute atomic E-state index is 3.78. The lowest BCUT2D eigenvalue weighted by Crippen LogP contribution is -2.53. The van der Waals surface area contributed by atoms with E-state index in [9.17, 15) is 0 Å². The van der Waals surface area contributed by atoms with E-state index in [0.717, 1.165) is 12.8 Å². The summed E-state index contributed by atoms with van der Waals surface area (Å²) in [5.41, 5.74) is 0. The van der Waals surface area contributed by atoms with E-state index in [-0.39, 0.29) is 3.23 Å². The van der Waals surface area contributed by atoms with Gasteiger partial charge in [-0.15, -0.1) is 0 Å². The third-order valence-electron chi connectivity index (χ3n) is 2.55. The SMILES string of the molecule is CCCCCCC(Br)(Br)C(Br)(Br)C(Br)(Br)C(Br)(Br)Br. The van der Waals surface area contributed by atoms with Crippen LogP contribution in [0.25, 0.3) is 0 Å². The van der Waals surface area contributed by atoms with Crippen LogP contribution in [0.4, 0.5) is 0 Å². The fraction of sp³-hybridized carbons (Fsp3) is 1.00. The molecule has 116 valence electrons. The van der Waals surface area contributed by atoms with E-state index in [1.165, 1.54) is 19.3 Å².